The molecule has 1 amide bonds. The van der Waals surface area contributed by atoms with Gasteiger partial charge < -0.3 is 10.2 Å². The summed E-state index contributed by atoms with van der Waals surface area (Å²) in [5.41, 5.74) is 2.85. The second-order valence-corrected chi connectivity index (χ2v) is 9.05. The van der Waals surface area contributed by atoms with E-state index in [9.17, 15) is 13.2 Å². The van der Waals surface area contributed by atoms with Crippen molar-refractivity contribution in [2.24, 2.45) is 0 Å². The number of quaternary nitrogens is 1. The maximum Gasteiger partial charge on any atom is 0.243 e. The van der Waals surface area contributed by atoms with Crippen molar-refractivity contribution in [2.75, 3.05) is 31.5 Å². The molecule has 1 aliphatic rings. The van der Waals surface area contributed by atoms with Crippen molar-refractivity contribution in [1.82, 2.24) is 4.31 Å². The summed E-state index contributed by atoms with van der Waals surface area (Å²) in [6.07, 6.45) is 0. The Morgan fingerprint density at radius 1 is 1.11 bits per heavy atom. The fourth-order valence-corrected chi connectivity index (χ4v) is 4.92. The van der Waals surface area contributed by atoms with E-state index in [4.69, 9.17) is 11.6 Å². The molecular weight excluding hydrogens is 386 g/mol. The van der Waals surface area contributed by atoms with E-state index in [0.29, 0.717) is 36.9 Å². The number of hydrogen-bond donors (Lipinski definition) is 2. The number of sulfonamides is 1. The largest absolute Gasteiger partial charge is 0.326 e. The van der Waals surface area contributed by atoms with Crippen molar-refractivity contribution in [2.45, 2.75) is 18.7 Å². The number of aryl methyl sites for hydroxylation is 1. The molecule has 0 bridgehead atoms. The van der Waals surface area contributed by atoms with Crippen LogP contribution in [0.2, 0.25) is 5.02 Å². The molecule has 0 unspecified atom stereocenters. The number of benzene rings is 2. The van der Waals surface area contributed by atoms with Crippen molar-refractivity contribution in [3.63, 3.8) is 0 Å². The summed E-state index contributed by atoms with van der Waals surface area (Å²) in [5.74, 6) is -0.194. The number of amides is 1. The molecule has 0 aliphatic carbocycles. The predicted octanol–water partition coefficient (Wildman–Crippen LogP) is 1.83. The summed E-state index contributed by atoms with van der Waals surface area (Å²) in [6, 6.07) is 12.1. The van der Waals surface area contributed by atoms with E-state index < -0.39 is 10.0 Å². The lowest BCUT2D eigenvalue weighted by atomic mass is 10.1. The van der Waals surface area contributed by atoms with Crippen LogP contribution >= 0.6 is 11.6 Å². The van der Waals surface area contributed by atoms with Gasteiger partial charge in [-0.1, -0.05) is 17.7 Å². The molecule has 0 spiro atoms. The molecule has 2 aromatic rings. The maximum atomic E-state index is 12.9. The van der Waals surface area contributed by atoms with Gasteiger partial charge in [0.05, 0.1) is 31.1 Å². The third-order valence-corrected chi connectivity index (χ3v) is 6.87. The van der Waals surface area contributed by atoms with Gasteiger partial charge in [-0.05, 0) is 37.3 Å². The Morgan fingerprint density at radius 3 is 2.33 bits per heavy atom. The number of anilines is 1. The summed E-state index contributed by atoms with van der Waals surface area (Å²) in [5, 5.41) is 3.33. The zero-order chi connectivity index (χ0) is 19.6. The van der Waals surface area contributed by atoms with Crippen LogP contribution < -0.4 is 10.2 Å². The second kappa shape index (κ2) is 7.98. The molecule has 2 N–H and O–H groups in total. The van der Waals surface area contributed by atoms with Crippen LogP contribution in [0.5, 0.6) is 0 Å². The van der Waals surface area contributed by atoms with Gasteiger partial charge in [0.15, 0.2) is 0 Å². The second-order valence-electron chi connectivity index (χ2n) is 6.67. The number of halogens is 1. The zero-order valence-electron chi connectivity index (χ0n) is 15.3. The molecule has 3 rings (SSSR count). The minimum atomic E-state index is -3.55. The molecule has 0 saturated carbocycles. The van der Waals surface area contributed by atoms with Crippen LogP contribution in [0.4, 0.5) is 11.4 Å². The third-order valence-electron chi connectivity index (χ3n) is 4.72. The van der Waals surface area contributed by atoms with E-state index in [1.807, 2.05) is 25.1 Å². The van der Waals surface area contributed by atoms with Crippen molar-refractivity contribution >= 4 is 38.9 Å². The van der Waals surface area contributed by atoms with Crippen molar-refractivity contribution in [1.29, 1.82) is 0 Å². The van der Waals surface area contributed by atoms with E-state index in [1.54, 1.807) is 12.1 Å². The highest BCUT2D eigenvalue weighted by Gasteiger charge is 2.31. The molecule has 0 aromatic heterocycles. The normalized spacial score (nSPS) is 16.3. The average molecular weight is 409 g/mol. The van der Waals surface area contributed by atoms with Crippen LogP contribution in [0.25, 0.3) is 0 Å². The van der Waals surface area contributed by atoms with Crippen LogP contribution in [0.15, 0.2) is 47.4 Å². The molecule has 144 valence electrons. The topological polar surface area (TPSA) is 70.9 Å². The molecule has 1 saturated heterocycles. The van der Waals surface area contributed by atoms with Gasteiger partial charge >= 0.3 is 0 Å². The number of hydrogen-bond acceptors (Lipinski definition) is 3. The van der Waals surface area contributed by atoms with E-state index in [2.05, 4.69) is 5.32 Å². The Morgan fingerprint density at radius 2 is 1.74 bits per heavy atom. The lowest BCUT2D eigenvalue weighted by Crippen LogP contribution is -3.10. The summed E-state index contributed by atoms with van der Waals surface area (Å²) in [7, 11) is -3.55. The first kappa shape index (κ1) is 19.8. The monoisotopic (exact) mass is 408 g/mol. The molecular formula is C19H23ClN3O3S+. The molecule has 0 atom stereocenters. The van der Waals surface area contributed by atoms with Crippen molar-refractivity contribution < 1.29 is 18.1 Å². The van der Waals surface area contributed by atoms with Gasteiger partial charge in [-0.3, -0.25) is 4.79 Å². The summed E-state index contributed by atoms with van der Waals surface area (Å²) >= 11 is 6.12. The maximum absolute atomic E-state index is 12.9. The minimum Gasteiger partial charge on any atom is -0.326 e. The first-order valence-electron chi connectivity index (χ1n) is 8.76. The molecule has 0 radical (unpaired) electrons. The first-order valence-corrected chi connectivity index (χ1v) is 10.6. The third kappa shape index (κ3) is 4.50. The van der Waals surface area contributed by atoms with Crippen LogP contribution in [-0.2, 0) is 14.8 Å². The van der Waals surface area contributed by atoms with Crippen molar-refractivity contribution in [3.05, 3.63) is 53.1 Å². The van der Waals surface area contributed by atoms with Gasteiger partial charge in [0, 0.05) is 29.3 Å². The highest BCUT2D eigenvalue weighted by atomic mass is 35.5. The number of rotatable bonds is 4. The standard InChI is InChI=1S/C19H22ClN3O3S/c1-14-3-4-16(20)13-19(14)22-9-11-23(12-10-22)27(25,26)18-7-5-17(6-8-18)21-15(2)24/h3-8,13H,9-12H2,1-2H3,(H,21,24)/p+1. The Labute approximate surface area is 164 Å². The SMILES string of the molecule is CC(=O)Nc1ccc(S(=O)(=O)N2CC[NH+](c3cc(Cl)ccc3C)CC2)cc1. The van der Waals surface area contributed by atoms with Crippen LogP contribution in [-0.4, -0.2) is 44.8 Å². The highest BCUT2D eigenvalue weighted by molar-refractivity contribution is 7.89. The summed E-state index contributed by atoms with van der Waals surface area (Å²) in [4.78, 5) is 12.6. The van der Waals surface area contributed by atoms with Gasteiger partial charge in [-0.15, -0.1) is 0 Å². The van der Waals surface area contributed by atoms with Gasteiger partial charge in [-0.25, -0.2) is 8.42 Å². The highest BCUT2D eigenvalue weighted by Crippen LogP contribution is 2.20. The first-order chi connectivity index (χ1) is 12.8. The van der Waals surface area contributed by atoms with E-state index in [0.717, 1.165) is 11.3 Å². The van der Waals surface area contributed by atoms with E-state index >= 15 is 0 Å². The molecule has 2 aromatic carbocycles. The Hall–Kier alpha value is -1.93. The molecule has 1 heterocycles. The Balaban J connectivity index is 1.71. The van der Waals surface area contributed by atoms with Gasteiger partial charge in [-0.2, -0.15) is 4.31 Å². The van der Waals surface area contributed by atoms with Crippen LogP contribution in [0.3, 0.4) is 0 Å². The summed E-state index contributed by atoms with van der Waals surface area (Å²) < 4.78 is 27.3. The number of carbonyl (C=O) groups is 1. The lowest BCUT2D eigenvalue weighted by molar-refractivity contribution is -0.837. The van der Waals surface area contributed by atoms with E-state index in [-0.39, 0.29) is 10.8 Å². The molecule has 1 aliphatic heterocycles. The Bertz CT molecular complexity index is 937. The Kier molecular flexibility index (Phi) is 5.86. The fourth-order valence-electron chi connectivity index (χ4n) is 3.30. The molecule has 8 heteroatoms. The molecule has 27 heavy (non-hydrogen) atoms. The zero-order valence-corrected chi connectivity index (χ0v) is 16.9. The number of piperazine rings is 1. The minimum absolute atomic E-state index is 0.194. The van der Waals surface area contributed by atoms with Crippen molar-refractivity contribution in [3.8, 4) is 0 Å². The van der Waals surface area contributed by atoms with Crippen LogP contribution in [0.1, 0.15) is 12.5 Å². The van der Waals surface area contributed by atoms with Gasteiger partial charge in [0.2, 0.25) is 15.9 Å². The van der Waals surface area contributed by atoms with Gasteiger partial charge in [0.25, 0.3) is 0 Å². The predicted molar refractivity (Wildman–Crippen MR) is 106 cm³/mol. The number of carbonyl (C=O) groups excluding carboxylic acids is 1. The molecule has 1 fully saturated rings. The van der Waals surface area contributed by atoms with Crippen LogP contribution in [0, 0.1) is 6.92 Å². The molecule has 6 nitrogen and oxygen atoms in total. The van der Waals surface area contributed by atoms with Gasteiger partial charge in [0.1, 0.15) is 5.69 Å². The smallest absolute Gasteiger partial charge is 0.243 e. The summed E-state index contributed by atoms with van der Waals surface area (Å²) in [6.45, 7) is 5.70. The number of nitrogens with zero attached hydrogens (tertiary/aromatic N) is 1. The van der Waals surface area contributed by atoms with E-state index in [1.165, 1.54) is 28.3 Å². The lowest BCUT2D eigenvalue weighted by Gasteiger charge is -2.32. The quantitative estimate of drug-likeness (QED) is 0.810. The fraction of sp³-hybridized carbons (Fsp3) is 0.316. The average Bonchev–Trinajstić information content (AvgIpc) is 2.64. The number of nitrogens with one attached hydrogen (secondary N) is 2.